The van der Waals surface area contributed by atoms with E-state index in [1.807, 2.05) is 24.4 Å². The maximum absolute atomic E-state index is 6.10. The van der Waals surface area contributed by atoms with Gasteiger partial charge in [-0.1, -0.05) is 24.3 Å². The summed E-state index contributed by atoms with van der Waals surface area (Å²) in [5.74, 6) is 1.60. The molecule has 0 N–H and O–H groups in total. The molecule has 1 aliphatic rings. The highest BCUT2D eigenvalue weighted by Gasteiger charge is 2.22. The van der Waals surface area contributed by atoms with Gasteiger partial charge in [0.15, 0.2) is 11.5 Å². The minimum Gasteiger partial charge on any atom is -0.493 e. The van der Waals surface area contributed by atoms with Crippen molar-refractivity contribution in [3.8, 4) is 22.8 Å². The topological polar surface area (TPSA) is 47.5 Å². The van der Waals surface area contributed by atoms with Gasteiger partial charge in [0, 0.05) is 48.5 Å². The number of fused-ring (bicyclic) bond motifs is 2. The van der Waals surface area contributed by atoms with Gasteiger partial charge in [-0.25, -0.2) is 0 Å². The number of hydrogen-bond acceptors (Lipinski definition) is 6. The summed E-state index contributed by atoms with van der Waals surface area (Å²) in [6.07, 6.45) is 3.73. The van der Waals surface area contributed by atoms with Gasteiger partial charge in [0.1, 0.15) is 6.61 Å². The van der Waals surface area contributed by atoms with E-state index >= 15 is 0 Å². The fraction of sp³-hybridized carbons (Fsp3) is 0.217. The Bertz CT molecular complexity index is 1140. The summed E-state index contributed by atoms with van der Waals surface area (Å²) in [5.41, 5.74) is 4.38. The number of rotatable bonds is 4. The SMILES string of the molecule is COc1cc(-c2nsc3ccccc23)cc2c1OCCN(Cc1cccnc1)C2. The van der Waals surface area contributed by atoms with Crippen LogP contribution >= 0.6 is 11.5 Å². The van der Waals surface area contributed by atoms with Crippen molar-refractivity contribution in [3.05, 3.63) is 72.1 Å². The van der Waals surface area contributed by atoms with Gasteiger partial charge in [-0.2, -0.15) is 4.37 Å². The predicted molar refractivity (Wildman–Crippen MR) is 115 cm³/mol. The molecule has 0 unspecified atom stereocenters. The van der Waals surface area contributed by atoms with E-state index < -0.39 is 0 Å². The molecule has 0 amide bonds. The van der Waals surface area contributed by atoms with Gasteiger partial charge in [-0.15, -0.1) is 0 Å². The van der Waals surface area contributed by atoms with E-state index in [2.05, 4.69) is 40.2 Å². The highest BCUT2D eigenvalue weighted by molar-refractivity contribution is 7.13. The second-order valence-corrected chi connectivity index (χ2v) is 7.92. The fourth-order valence-corrected chi connectivity index (χ4v) is 4.60. The van der Waals surface area contributed by atoms with Crippen molar-refractivity contribution in [2.24, 2.45) is 0 Å². The van der Waals surface area contributed by atoms with Crippen molar-refractivity contribution in [2.75, 3.05) is 20.3 Å². The molecule has 6 heteroatoms. The molecule has 0 fully saturated rings. The molecule has 3 heterocycles. The predicted octanol–water partition coefficient (Wildman–Crippen LogP) is 4.76. The van der Waals surface area contributed by atoms with E-state index in [1.165, 1.54) is 27.2 Å². The van der Waals surface area contributed by atoms with Crippen molar-refractivity contribution in [1.82, 2.24) is 14.3 Å². The Balaban J connectivity index is 1.54. The molecule has 0 radical (unpaired) electrons. The summed E-state index contributed by atoms with van der Waals surface area (Å²) >= 11 is 1.53. The van der Waals surface area contributed by atoms with Gasteiger partial charge in [-0.05, 0) is 41.4 Å². The molecule has 0 saturated heterocycles. The van der Waals surface area contributed by atoms with Crippen LogP contribution < -0.4 is 9.47 Å². The zero-order valence-corrected chi connectivity index (χ0v) is 17.0. The van der Waals surface area contributed by atoms with Crippen molar-refractivity contribution >= 4 is 21.6 Å². The monoisotopic (exact) mass is 403 g/mol. The minimum absolute atomic E-state index is 0.628. The van der Waals surface area contributed by atoms with Crippen molar-refractivity contribution in [2.45, 2.75) is 13.1 Å². The van der Waals surface area contributed by atoms with Crippen LogP contribution in [0.15, 0.2) is 60.9 Å². The molecule has 0 spiro atoms. The molecule has 0 aliphatic carbocycles. The van der Waals surface area contributed by atoms with Gasteiger partial charge in [-0.3, -0.25) is 9.88 Å². The van der Waals surface area contributed by atoms with E-state index in [4.69, 9.17) is 13.8 Å². The summed E-state index contributed by atoms with van der Waals surface area (Å²) in [7, 11) is 1.69. The smallest absolute Gasteiger partial charge is 0.165 e. The van der Waals surface area contributed by atoms with Crippen LogP contribution in [0.5, 0.6) is 11.5 Å². The Morgan fingerprint density at radius 2 is 2.10 bits per heavy atom. The first-order chi connectivity index (χ1) is 14.3. The first kappa shape index (κ1) is 18.1. The summed E-state index contributed by atoms with van der Waals surface area (Å²) < 4.78 is 17.7. The lowest BCUT2D eigenvalue weighted by molar-refractivity contribution is 0.216. The van der Waals surface area contributed by atoms with E-state index in [0.717, 1.165) is 48.0 Å². The fourth-order valence-electron chi connectivity index (χ4n) is 3.81. The summed E-state index contributed by atoms with van der Waals surface area (Å²) in [5, 5.41) is 1.17. The first-order valence-corrected chi connectivity index (χ1v) is 10.4. The minimum atomic E-state index is 0.628. The lowest BCUT2D eigenvalue weighted by Gasteiger charge is -2.19. The van der Waals surface area contributed by atoms with Crippen LogP contribution in [-0.2, 0) is 13.1 Å². The zero-order valence-electron chi connectivity index (χ0n) is 16.2. The molecule has 29 heavy (non-hydrogen) atoms. The zero-order chi connectivity index (χ0) is 19.6. The molecule has 2 aromatic heterocycles. The largest absolute Gasteiger partial charge is 0.493 e. The highest BCUT2D eigenvalue weighted by atomic mass is 32.1. The van der Waals surface area contributed by atoms with Crippen LogP contribution in [0, 0.1) is 0 Å². The van der Waals surface area contributed by atoms with Crippen LogP contribution in [0.1, 0.15) is 11.1 Å². The number of methoxy groups -OCH3 is 1. The van der Waals surface area contributed by atoms with Crippen molar-refractivity contribution in [3.63, 3.8) is 0 Å². The van der Waals surface area contributed by atoms with Gasteiger partial charge in [0.25, 0.3) is 0 Å². The number of benzene rings is 2. The molecule has 5 nitrogen and oxygen atoms in total. The number of hydrogen-bond donors (Lipinski definition) is 0. The van der Waals surface area contributed by atoms with Gasteiger partial charge >= 0.3 is 0 Å². The van der Waals surface area contributed by atoms with Gasteiger partial charge in [0.2, 0.25) is 0 Å². The summed E-state index contributed by atoms with van der Waals surface area (Å²) in [6.45, 7) is 3.10. The van der Waals surface area contributed by atoms with Crippen molar-refractivity contribution in [1.29, 1.82) is 0 Å². The molecule has 0 atom stereocenters. The highest BCUT2D eigenvalue weighted by Crippen LogP contribution is 2.40. The Kier molecular flexibility index (Phi) is 4.87. The second-order valence-electron chi connectivity index (χ2n) is 7.11. The average Bonchev–Trinajstić information content (AvgIpc) is 3.08. The maximum Gasteiger partial charge on any atom is 0.165 e. The molecule has 0 saturated carbocycles. The Hall–Kier alpha value is -2.96. The molecule has 2 aromatic carbocycles. The molecular weight excluding hydrogens is 382 g/mol. The third-order valence-corrected chi connectivity index (χ3v) is 6.01. The molecule has 4 aromatic rings. The van der Waals surface area contributed by atoms with Crippen LogP contribution in [0.3, 0.4) is 0 Å². The van der Waals surface area contributed by atoms with E-state index in [1.54, 1.807) is 13.3 Å². The van der Waals surface area contributed by atoms with Crippen LogP contribution in [-0.4, -0.2) is 34.5 Å². The standard InChI is InChI=1S/C23H21N3O2S/c1-27-20-12-17(22-19-6-2-3-7-21(19)29-25-22)11-18-15-26(9-10-28-23(18)20)14-16-5-4-8-24-13-16/h2-8,11-13H,9-10,14-15H2,1H3. The third-order valence-electron chi connectivity index (χ3n) is 5.18. The normalized spacial score (nSPS) is 14.2. The van der Waals surface area contributed by atoms with Crippen LogP contribution in [0.4, 0.5) is 0 Å². The Labute approximate surface area is 173 Å². The number of nitrogens with zero attached hydrogens (tertiary/aromatic N) is 3. The van der Waals surface area contributed by atoms with Gasteiger partial charge in [0.05, 0.1) is 17.5 Å². The molecule has 146 valence electrons. The van der Waals surface area contributed by atoms with E-state index in [9.17, 15) is 0 Å². The lowest BCUT2D eigenvalue weighted by atomic mass is 10.0. The molecular formula is C23H21N3O2S. The first-order valence-electron chi connectivity index (χ1n) is 9.61. The number of aromatic nitrogens is 2. The molecule has 1 aliphatic heterocycles. The Morgan fingerprint density at radius 1 is 1.17 bits per heavy atom. The third kappa shape index (κ3) is 3.57. The summed E-state index contributed by atoms with van der Waals surface area (Å²) in [4.78, 5) is 6.62. The van der Waals surface area contributed by atoms with Gasteiger partial charge < -0.3 is 9.47 Å². The molecule has 5 rings (SSSR count). The number of ether oxygens (including phenoxy) is 2. The maximum atomic E-state index is 6.10. The summed E-state index contributed by atoms with van der Waals surface area (Å²) in [6, 6.07) is 16.7. The van der Waals surface area contributed by atoms with Crippen molar-refractivity contribution < 1.29 is 9.47 Å². The van der Waals surface area contributed by atoms with Crippen LogP contribution in [0.2, 0.25) is 0 Å². The lowest BCUT2D eigenvalue weighted by Crippen LogP contribution is -2.25. The van der Waals surface area contributed by atoms with E-state index in [0.29, 0.717) is 6.61 Å². The molecule has 0 bridgehead atoms. The Morgan fingerprint density at radius 3 is 2.97 bits per heavy atom. The quantitative estimate of drug-likeness (QED) is 0.492. The van der Waals surface area contributed by atoms with E-state index in [-0.39, 0.29) is 0 Å². The second kappa shape index (κ2) is 7.81. The average molecular weight is 404 g/mol. The number of pyridine rings is 1. The van der Waals surface area contributed by atoms with Crippen LogP contribution in [0.25, 0.3) is 21.3 Å².